The zero-order valence-corrected chi connectivity index (χ0v) is 15.4. The molecule has 10 nitrogen and oxygen atoms in total. The minimum absolute atomic E-state index is 0.00578. The first-order chi connectivity index (χ1) is 13.7. The summed E-state index contributed by atoms with van der Waals surface area (Å²) >= 11 is 0. The molecule has 0 saturated carbocycles. The van der Waals surface area contributed by atoms with Crippen LogP contribution in [0.1, 0.15) is 34.3 Å². The summed E-state index contributed by atoms with van der Waals surface area (Å²) in [6.45, 7) is -0.170. The van der Waals surface area contributed by atoms with Gasteiger partial charge >= 0.3 is 6.09 Å². The molecule has 3 rings (SSSR count). The maximum atomic E-state index is 13.0. The zero-order valence-electron chi connectivity index (χ0n) is 15.4. The number of aliphatic hydroxyl groups excluding tert-OH is 1. The van der Waals surface area contributed by atoms with Gasteiger partial charge in [0.05, 0.1) is 18.7 Å². The van der Waals surface area contributed by atoms with Crippen molar-refractivity contribution in [2.24, 2.45) is 7.05 Å². The molecule has 1 saturated heterocycles. The van der Waals surface area contributed by atoms with Gasteiger partial charge in [-0.2, -0.15) is 0 Å². The van der Waals surface area contributed by atoms with E-state index >= 15 is 0 Å². The Morgan fingerprint density at radius 2 is 1.97 bits per heavy atom. The van der Waals surface area contributed by atoms with Crippen molar-refractivity contribution < 1.29 is 29.3 Å². The predicted molar refractivity (Wildman–Crippen MR) is 96.8 cm³/mol. The van der Waals surface area contributed by atoms with Gasteiger partial charge in [-0.3, -0.25) is 19.1 Å². The van der Waals surface area contributed by atoms with Crippen LogP contribution in [0.5, 0.6) is 5.75 Å². The van der Waals surface area contributed by atoms with Crippen LogP contribution in [0.25, 0.3) is 0 Å². The maximum absolute atomic E-state index is 13.0. The third-order valence-corrected chi connectivity index (χ3v) is 4.71. The number of benzene rings is 1. The summed E-state index contributed by atoms with van der Waals surface area (Å²) in [6.07, 6.45) is -2.26. The normalized spacial score (nSPS) is 18.7. The van der Waals surface area contributed by atoms with Gasteiger partial charge in [0.1, 0.15) is 11.6 Å². The van der Waals surface area contributed by atoms with E-state index in [1.165, 1.54) is 31.3 Å². The molecule has 1 aromatic carbocycles. The first-order valence-corrected chi connectivity index (χ1v) is 8.69. The number of hydrogen-bond donors (Lipinski definition) is 4. The molecule has 0 unspecified atom stereocenters. The number of carbonyl (C=O) groups is 2. The molecule has 2 aromatic rings. The second-order valence-electron chi connectivity index (χ2n) is 6.68. The average molecular weight is 406 g/mol. The van der Waals surface area contributed by atoms with Crippen LogP contribution in [-0.2, 0) is 13.6 Å². The second kappa shape index (κ2) is 7.87. The smallest absolute Gasteiger partial charge is 0.408 e. The molecule has 0 spiro atoms. The molecule has 2 heterocycles. The summed E-state index contributed by atoms with van der Waals surface area (Å²) in [5.74, 6) is -2.24. The zero-order chi connectivity index (χ0) is 21.3. The van der Waals surface area contributed by atoms with Gasteiger partial charge in [0, 0.05) is 20.0 Å². The number of hydrogen-bond acceptors (Lipinski definition) is 6. The predicted octanol–water partition coefficient (Wildman–Crippen LogP) is 0.341. The van der Waals surface area contributed by atoms with E-state index in [1.807, 2.05) is 0 Å². The minimum Gasteiger partial charge on any atom is -0.501 e. The van der Waals surface area contributed by atoms with Gasteiger partial charge in [-0.25, -0.2) is 14.2 Å². The van der Waals surface area contributed by atoms with Crippen molar-refractivity contribution in [1.82, 2.24) is 19.8 Å². The Bertz CT molecular complexity index is 1010. The summed E-state index contributed by atoms with van der Waals surface area (Å²) in [5, 5.41) is 31.7. The summed E-state index contributed by atoms with van der Waals surface area (Å²) in [6, 6.07) is 4.41. The van der Waals surface area contributed by atoms with Gasteiger partial charge in [-0.1, -0.05) is 12.1 Å². The van der Waals surface area contributed by atoms with E-state index < -0.39 is 47.0 Å². The van der Waals surface area contributed by atoms with E-state index in [2.05, 4.69) is 10.3 Å². The Morgan fingerprint density at radius 1 is 1.31 bits per heavy atom. The lowest BCUT2D eigenvalue weighted by Gasteiger charge is -2.23. The van der Waals surface area contributed by atoms with Crippen LogP contribution >= 0.6 is 0 Å². The molecular weight excluding hydrogens is 387 g/mol. The number of amides is 2. The summed E-state index contributed by atoms with van der Waals surface area (Å²) < 4.78 is 13.9. The van der Waals surface area contributed by atoms with Crippen molar-refractivity contribution in [3.8, 4) is 5.75 Å². The third-order valence-electron chi connectivity index (χ3n) is 4.71. The molecule has 4 N–H and O–H groups in total. The summed E-state index contributed by atoms with van der Waals surface area (Å²) in [5.41, 5.74) is -0.898. The topological polar surface area (TPSA) is 145 Å². The highest BCUT2D eigenvalue weighted by molar-refractivity contribution is 5.94. The maximum Gasteiger partial charge on any atom is 0.408 e. The van der Waals surface area contributed by atoms with Crippen LogP contribution in [0.2, 0.25) is 0 Å². The monoisotopic (exact) mass is 406 g/mol. The Kier molecular flexibility index (Phi) is 5.50. The summed E-state index contributed by atoms with van der Waals surface area (Å²) in [7, 11) is 1.29. The molecule has 11 heteroatoms. The van der Waals surface area contributed by atoms with Gasteiger partial charge in [-0.15, -0.1) is 0 Å². The van der Waals surface area contributed by atoms with Crippen molar-refractivity contribution in [2.75, 3.05) is 6.54 Å². The molecule has 1 aromatic heterocycles. The van der Waals surface area contributed by atoms with E-state index in [1.54, 1.807) is 0 Å². The highest BCUT2D eigenvalue weighted by Crippen LogP contribution is 2.31. The molecule has 2 atom stereocenters. The van der Waals surface area contributed by atoms with Gasteiger partial charge in [-0.05, 0) is 17.7 Å². The Labute approximate surface area is 163 Å². The number of rotatable bonds is 4. The SMILES string of the molecule is Cn1c([C@@H]2C[C@@H](O)CN2C(=O)O)nc(C(=O)NCc2ccc(F)cc2)c(O)c1=O. The van der Waals surface area contributed by atoms with Crippen molar-refractivity contribution in [3.63, 3.8) is 0 Å². The first kappa shape index (κ1) is 20.3. The number of halogens is 1. The van der Waals surface area contributed by atoms with Crippen LogP contribution < -0.4 is 10.9 Å². The van der Waals surface area contributed by atoms with Gasteiger partial charge < -0.3 is 20.6 Å². The Morgan fingerprint density at radius 3 is 2.59 bits per heavy atom. The van der Waals surface area contributed by atoms with Gasteiger partial charge in [0.15, 0.2) is 5.69 Å². The lowest BCUT2D eigenvalue weighted by molar-refractivity contribution is 0.0941. The Hall–Kier alpha value is -3.47. The number of aliphatic hydroxyl groups is 1. The molecule has 1 aliphatic heterocycles. The molecular formula is C18H19FN4O6. The molecule has 29 heavy (non-hydrogen) atoms. The van der Waals surface area contributed by atoms with E-state index in [4.69, 9.17) is 0 Å². The molecule has 1 fully saturated rings. The molecule has 154 valence electrons. The van der Waals surface area contributed by atoms with E-state index in [9.17, 15) is 34.1 Å². The highest BCUT2D eigenvalue weighted by atomic mass is 19.1. The Balaban J connectivity index is 1.91. The highest BCUT2D eigenvalue weighted by Gasteiger charge is 2.38. The largest absolute Gasteiger partial charge is 0.501 e. The molecule has 0 radical (unpaired) electrons. The molecule has 0 bridgehead atoms. The van der Waals surface area contributed by atoms with E-state index in [0.717, 1.165) is 9.47 Å². The van der Waals surface area contributed by atoms with E-state index in [0.29, 0.717) is 5.56 Å². The number of aromatic hydroxyl groups is 1. The number of nitrogens with zero attached hydrogens (tertiary/aromatic N) is 3. The lowest BCUT2D eigenvalue weighted by atomic mass is 10.1. The van der Waals surface area contributed by atoms with Gasteiger partial charge in [0.25, 0.3) is 11.5 Å². The molecule has 0 aliphatic carbocycles. The number of aromatic nitrogens is 2. The van der Waals surface area contributed by atoms with Crippen LogP contribution in [0.4, 0.5) is 9.18 Å². The first-order valence-electron chi connectivity index (χ1n) is 8.69. The van der Waals surface area contributed by atoms with E-state index in [-0.39, 0.29) is 25.3 Å². The minimum atomic E-state index is -1.31. The third kappa shape index (κ3) is 4.04. The molecule has 1 aliphatic rings. The second-order valence-corrected chi connectivity index (χ2v) is 6.68. The number of carbonyl (C=O) groups excluding carboxylic acids is 1. The van der Waals surface area contributed by atoms with Crippen molar-refractivity contribution in [1.29, 1.82) is 0 Å². The van der Waals surface area contributed by atoms with Crippen LogP contribution in [0.15, 0.2) is 29.1 Å². The van der Waals surface area contributed by atoms with Crippen LogP contribution in [0, 0.1) is 5.82 Å². The number of β-amino-alcohol motifs (C(OH)–C–C–N with tert-alkyl or cyclic N) is 1. The number of carboxylic acid groups (broad SMARTS) is 1. The van der Waals surface area contributed by atoms with Gasteiger partial charge in [0.2, 0.25) is 5.75 Å². The fourth-order valence-electron chi connectivity index (χ4n) is 3.20. The lowest BCUT2D eigenvalue weighted by Crippen LogP contribution is -2.36. The fourth-order valence-corrected chi connectivity index (χ4v) is 3.20. The van der Waals surface area contributed by atoms with Crippen molar-refractivity contribution in [2.45, 2.75) is 25.1 Å². The number of nitrogens with one attached hydrogen (secondary N) is 1. The van der Waals surface area contributed by atoms with Crippen molar-refractivity contribution >= 4 is 12.0 Å². The van der Waals surface area contributed by atoms with Crippen LogP contribution in [0.3, 0.4) is 0 Å². The quantitative estimate of drug-likeness (QED) is 0.573. The summed E-state index contributed by atoms with van der Waals surface area (Å²) in [4.78, 5) is 41.2. The van der Waals surface area contributed by atoms with Crippen LogP contribution in [-0.4, -0.2) is 54.4 Å². The van der Waals surface area contributed by atoms with Crippen molar-refractivity contribution in [3.05, 3.63) is 57.5 Å². The molecule has 2 amide bonds. The number of likely N-dealkylation sites (tertiary alicyclic amines) is 1. The fraction of sp³-hybridized carbons (Fsp3) is 0.333. The standard InChI is InChI=1S/C18H19FN4O6/c1-22-15(12-6-11(24)8-23(12)18(28)29)21-13(14(25)17(22)27)16(26)20-7-9-2-4-10(19)5-3-9/h2-5,11-12,24-25H,6-8H2,1H3,(H,20,26)(H,28,29)/t11-,12+/m1/s1. The average Bonchev–Trinajstić information content (AvgIpc) is 3.07.